The molecule has 0 bridgehead atoms. The van der Waals surface area contributed by atoms with Crippen LogP contribution in [0.25, 0.3) is 4.96 Å². The molecule has 130 valence electrons. The minimum absolute atomic E-state index is 0.122. The fraction of sp³-hybridized carbons (Fsp3) is 0.111. The molecule has 1 amide bonds. The average Bonchev–Trinajstić information content (AvgIpc) is 3.22. The van der Waals surface area contributed by atoms with Gasteiger partial charge in [0.25, 0.3) is 0 Å². The monoisotopic (exact) mass is 365 g/mol. The van der Waals surface area contributed by atoms with Gasteiger partial charge in [-0.05, 0) is 17.7 Å². The van der Waals surface area contributed by atoms with Crippen molar-refractivity contribution in [2.45, 2.75) is 13.0 Å². The van der Waals surface area contributed by atoms with Crippen molar-refractivity contribution in [1.82, 2.24) is 19.8 Å². The summed E-state index contributed by atoms with van der Waals surface area (Å²) in [7, 11) is 0. The topological polar surface area (TPSA) is 81.4 Å². The molecule has 7 nitrogen and oxygen atoms in total. The Kier molecular flexibility index (Phi) is 4.57. The molecule has 2 aromatic carbocycles. The van der Waals surface area contributed by atoms with Crippen LogP contribution in [0, 0.1) is 0 Å². The molecule has 26 heavy (non-hydrogen) atoms. The number of carbonyl (C=O) groups excluding carboxylic acids is 1. The lowest BCUT2D eigenvalue weighted by Crippen LogP contribution is -2.14. The molecule has 0 radical (unpaired) electrons. The fourth-order valence-electron chi connectivity index (χ4n) is 2.41. The third-order valence-corrected chi connectivity index (χ3v) is 4.43. The standard InChI is InChI=1S/C18H15N5O2S/c24-16(11-13-7-3-1-4-8-13)19-17-22-23-15(20-21-18(23)26-17)12-25-14-9-5-2-6-10-14/h1-10H,11-12H2,(H,19,22,24). The number of rotatable bonds is 6. The van der Waals surface area contributed by atoms with Crippen LogP contribution in [0.15, 0.2) is 60.7 Å². The highest BCUT2D eigenvalue weighted by Crippen LogP contribution is 2.20. The number of benzene rings is 2. The number of nitrogens with one attached hydrogen (secondary N) is 1. The molecule has 8 heteroatoms. The maximum absolute atomic E-state index is 12.2. The largest absolute Gasteiger partial charge is 0.486 e. The second-order valence-corrected chi connectivity index (χ2v) is 6.49. The third kappa shape index (κ3) is 3.70. The van der Waals surface area contributed by atoms with Gasteiger partial charge in [-0.2, -0.15) is 4.52 Å². The van der Waals surface area contributed by atoms with Gasteiger partial charge in [0.15, 0.2) is 5.82 Å². The van der Waals surface area contributed by atoms with Gasteiger partial charge < -0.3 is 10.1 Å². The first-order valence-corrected chi connectivity index (χ1v) is 8.82. The average molecular weight is 365 g/mol. The Balaban J connectivity index is 1.43. The number of anilines is 1. The zero-order chi connectivity index (χ0) is 17.8. The van der Waals surface area contributed by atoms with Gasteiger partial charge >= 0.3 is 0 Å². The van der Waals surface area contributed by atoms with Crippen LogP contribution in [0.5, 0.6) is 5.75 Å². The van der Waals surface area contributed by atoms with E-state index >= 15 is 0 Å². The van der Waals surface area contributed by atoms with Crippen LogP contribution in [0.1, 0.15) is 11.4 Å². The molecule has 1 N–H and O–H groups in total. The Morgan fingerprint density at radius 2 is 1.77 bits per heavy atom. The Bertz CT molecular complexity index is 1010. The van der Waals surface area contributed by atoms with Crippen molar-refractivity contribution in [2.75, 3.05) is 5.32 Å². The summed E-state index contributed by atoms with van der Waals surface area (Å²) < 4.78 is 7.27. The Labute approximate surface area is 153 Å². The van der Waals surface area contributed by atoms with Gasteiger partial charge in [0, 0.05) is 0 Å². The number of nitrogens with zero attached hydrogens (tertiary/aromatic N) is 4. The van der Waals surface area contributed by atoms with E-state index in [0.717, 1.165) is 11.3 Å². The lowest BCUT2D eigenvalue weighted by molar-refractivity contribution is -0.115. The van der Waals surface area contributed by atoms with Crippen molar-refractivity contribution in [3.05, 3.63) is 72.1 Å². The van der Waals surface area contributed by atoms with Gasteiger partial charge in [-0.15, -0.1) is 15.3 Å². The highest BCUT2D eigenvalue weighted by atomic mass is 32.1. The van der Waals surface area contributed by atoms with E-state index in [2.05, 4.69) is 20.6 Å². The summed E-state index contributed by atoms with van der Waals surface area (Å²) in [5.74, 6) is 1.20. The molecular formula is C18H15N5O2S. The Hall–Kier alpha value is -3.26. The van der Waals surface area contributed by atoms with E-state index < -0.39 is 0 Å². The number of hydrogen-bond donors (Lipinski definition) is 1. The first-order valence-electron chi connectivity index (χ1n) is 8.01. The second kappa shape index (κ2) is 7.32. The van der Waals surface area contributed by atoms with Crippen LogP contribution in [0.4, 0.5) is 5.13 Å². The molecule has 0 aliphatic carbocycles. The van der Waals surface area contributed by atoms with Crippen LogP contribution in [0.2, 0.25) is 0 Å². The van der Waals surface area contributed by atoms with Crippen LogP contribution in [-0.4, -0.2) is 25.7 Å². The van der Waals surface area contributed by atoms with E-state index in [-0.39, 0.29) is 12.5 Å². The molecule has 0 unspecified atom stereocenters. The lowest BCUT2D eigenvalue weighted by atomic mass is 10.1. The van der Waals surface area contributed by atoms with E-state index in [1.807, 2.05) is 60.7 Å². The molecule has 0 saturated heterocycles. The molecule has 0 spiro atoms. The zero-order valence-corrected chi connectivity index (χ0v) is 14.5. The summed E-state index contributed by atoms with van der Waals surface area (Å²) >= 11 is 1.27. The van der Waals surface area contributed by atoms with Crippen molar-refractivity contribution >= 4 is 27.3 Å². The normalized spacial score (nSPS) is 10.8. The van der Waals surface area contributed by atoms with Crippen LogP contribution in [-0.2, 0) is 17.8 Å². The minimum Gasteiger partial charge on any atom is -0.486 e. The molecule has 2 aromatic heterocycles. The van der Waals surface area contributed by atoms with Crippen molar-refractivity contribution < 1.29 is 9.53 Å². The number of hydrogen-bond acceptors (Lipinski definition) is 6. The van der Waals surface area contributed by atoms with Crippen molar-refractivity contribution in [3.8, 4) is 5.75 Å². The molecule has 4 aromatic rings. The maximum Gasteiger partial charge on any atom is 0.236 e. The summed E-state index contributed by atoms with van der Waals surface area (Å²) in [4.78, 5) is 12.8. The van der Waals surface area contributed by atoms with Gasteiger partial charge in [-0.25, -0.2) is 0 Å². The SMILES string of the molecule is O=C(Cc1ccccc1)Nc1nn2c(COc3ccccc3)nnc2s1. The van der Waals surface area contributed by atoms with E-state index in [4.69, 9.17) is 4.74 Å². The Morgan fingerprint density at radius 3 is 2.54 bits per heavy atom. The molecule has 0 aliphatic heterocycles. The molecule has 0 saturated carbocycles. The number of amides is 1. The van der Waals surface area contributed by atoms with Gasteiger partial charge in [-0.1, -0.05) is 59.9 Å². The smallest absolute Gasteiger partial charge is 0.236 e. The van der Waals surface area contributed by atoms with Gasteiger partial charge in [0.05, 0.1) is 6.42 Å². The number of carbonyl (C=O) groups is 1. The number of para-hydroxylation sites is 1. The summed E-state index contributed by atoms with van der Waals surface area (Å²) in [6.45, 7) is 0.242. The van der Waals surface area contributed by atoms with Crippen LogP contribution >= 0.6 is 11.3 Å². The number of aromatic nitrogens is 4. The first kappa shape index (κ1) is 16.2. The summed E-state index contributed by atoms with van der Waals surface area (Å²) in [6.07, 6.45) is 0.297. The summed E-state index contributed by atoms with van der Waals surface area (Å²) in [5.41, 5.74) is 0.949. The van der Waals surface area contributed by atoms with Gasteiger partial charge in [-0.3, -0.25) is 4.79 Å². The Morgan fingerprint density at radius 1 is 1.04 bits per heavy atom. The molecule has 0 fully saturated rings. The maximum atomic E-state index is 12.2. The highest BCUT2D eigenvalue weighted by Gasteiger charge is 2.14. The molecule has 2 heterocycles. The summed E-state index contributed by atoms with van der Waals surface area (Å²) in [5, 5.41) is 15.8. The molecule has 0 atom stereocenters. The summed E-state index contributed by atoms with van der Waals surface area (Å²) in [6, 6.07) is 19.0. The highest BCUT2D eigenvalue weighted by molar-refractivity contribution is 7.20. The van der Waals surface area contributed by atoms with E-state index in [1.54, 1.807) is 4.52 Å². The van der Waals surface area contributed by atoms with E-state index in [9.17, 15) is 4.79 Å². The van der Waals surface area contributed by atoms with Crippen LogP contribution < -0.4 is 10.1 Å². The van der Waals surface area contributed by atoms with Crippen molar-refractivity contribution in [2.24, 2.45) is 0 Å². The van der Waals surface area contributed by atoms with E-state index in [1.165, 1.54) is 11.3 Å². The lowest BCUT2D eigenvalue weighted by Gasteiger charge is -2.03. The predicted octanol–water partition coefficient (Wildman–Crippen LogP) is 2.95. The molecule has 4 rings (SSSR count). The third-order valence-electron chi connectivity index (χ3n) is 3.62. The van der Waals surface area contributed by atoms with Crippen molar-refractivity contribution in [1.29, 1.82) is 0 Å². The van der Waals surface area contributed by atoms with Gasteiger partial charge in [0.2, 0.25) is 16.0 Å². The second-order valence-electron chi connectivity index (χ2n) is 5.53. The fourth-order valence-corrected chi connectivity index (χ4v) is 3.18. The minimum atomic E-state index is -0.122. The zero-order valence-electron chi connectivity index (χ0n) is 13.7. The van der Waals surface area contributed by atoms with E-state index in [0.29, 0.717) is 22.3 Å². The predicted molar refractivity (Wildman–Crippen MR) is 98.2 cm³/mol. The van der Waals surface area contributed by atoms with Crippen LogP contribution in [0.3, 0.4) is 0 Å². The van der Waals surface area contributed by atoms with Crippen molar-refractivity contribution in [3.63, 3.8) is 0 Å². The molecule has 0 aliphatic rings. The van der Waals surface area contributed by atoms with Gasteiger partial charge in [0.1, 0.15) is 12.4 Å². The quantitative estimate of drug-likeness (QED) is 0.568. The number of fused-ring (bicyclic) bond motifs is 1. The first-order chi connectivity index (χ1) is 12.8. The number of ether oxygens (including phenoxy) is 1. The molecular weight excluding hydrogens is 350 g/mol.